The van der Waals surface area contributed by atoms with Gasteiger partial charge in [-0.1, -0.05) is 36.4 Å². The number of nitrogens with one attached hydrogen (secondary N) is 1. The quantitative estimate of drug-likeness (QED) is 0.834. The monoisotopic (exact) mass is 263 g/mol. The van der Waals surface area contributed by atoms with Crippen LogP contribution < -0.4 is 5.32 Å². The molecule has 1 aliphatic carbocycles. The maximum Gasteiger partial charge on any atom is 0.163 e. The summed E-state index contributed by atoms with van der Waals surface area (Å²) in [4.78, 5) is 12.2. The summed E-state index contributed by atoms with van der Waals surface area (Å²) in [5, 5.41) is 3.63. The van der Waals surface area contributed by atoms with E-state index in [0.717, 1.165) is 23.2 Å². The molecule has 1 heterocycles. The zero-order valence-electron chi connectivity index (χ0n) is 11.5. The lowest BCUT2D eigenvalue weighted by molar-refractivity contribution is 0.0966. The Balaban J connectivity index is 1.87. The first-order valence-electron chi connectivity index (χ1n) is 7.24. The minimum Gasteiger partial charge on any atom is -0.377 e. The van der Waals surface area contributed by atoms with E-state index in [0.29, 0.717) is 24.2 Å². The number of aryl methyl sites for hydroxylation is 1. The molecule has 0 fully saturated rings. The molecule has 1 N–H and O–H groups in total. The highest BCUT2D eigenvalue weighted by Gasteiger charge is 2.39. The van der Waals surface area contributed by atoms with E-state index in [1.807, 2.05) is 13.0 Å². The van der Waals surface area contributed by atoms with Crippen LogP contribution >= 0.6 is 0 Å². The molecule has 0 spiro atoms. The number of carbonyl (C=O) groups is 1. The predicted molar refractivity (Wildman–Crippen MR) is 80.3 cm³/mol. The molecule has 2 heteroatoms. The molecule has 2 aromatic rings. The van der Waals surface area contributed by atoms with Gasteiger partial charge in [0.25, 0.3) is 0 Å². The summed E-state index contributed by atoms with van der Waals surface area (Å²) in [6.07, 6.45) is 1.63. The number of hydrogen-bond donors (Lipinski definition) is 1. The van der Waals surface area contributed by atoms with Crippen LogP contribution in [-0.4, -0.2) is 5.78 Å². The lowest BCUT2D eigenvalue weighted by Crippen LogP contribution is -2.19. The van der Waals surface area contributed by atoms with Crippen LogP contribution in [0.3, 0.4) is 0 Å². The zero-order valence-corrected chi connectivity index (χ0v) is 11.5. The van der Waals surface area contributed by atoms with Gasteiger partial charge in [0.15, 0.2) is 5.78 Å². The van der Waals surface area contributed by atoms with Crippen molar-refractivity contribution in [2.24, 2.45) is 0 Å². The minimum atomic E-state index is 0.305. The SMILES string of the molecule is Cc1ccc2c3c1C(=O)CCC3C(c1ccccc1)N2. The fourth-order valence-electron chi connectivity index (χ4n) is 3.74. The van der Waals surface area contributed by atoms with Crippen LogP contribution in [0.15, 0.2) is 42.5 Å². The highest BCUT2D eigenvalue weighted by atomic mass is 16.1. The van der Waals surface area contributed by atoms with Crippen molar-refractivity contribution in [3.05, 3.63) is 64.7 Å². The van der Waals surface area contributed by atoms with Gasteiger partial charge in [-0.2, -0.15) is 0 Å². The van der Waals surface area contributed by atoms with Crippen LogP contribution in [0.1, 0.15) is 51.8 Å². The van der Waals surface area contributed by atoms with Gasteiger partial charge in [-0.25, -0.2) is 0 Å². The molecular formula is C18H17NO. The van der Waals surface area contributed by atoms with Gasteiger partial charge in [0.05, 0.1) is 6.04 Å². The molecule has 2 aliphatic rings. The highest BCUT2D eigenvalue weighted by Crippen LogP contribution is 2.51. The molecule has 2 atom stereocenters. The lowest BCUT2D eigenvalue weighted by Gasteiger charge is -2.25. The van der Waals surface area contributed by atoms with E-state index in [-0.39, 0.29) is 0 Å². The summed E-state index contributed by atoms with van der Waals surface area (Å²) in [7, 11) is 0. The number of Topliss-reactive ketones (excluding diaryl/α,β-unsaturated/α-hetero) is 1. The van der Waals surface area contributed by atoms with E-state index in [2.05, 4.69) is 41.7 Å². The highest BCUT2D eigenvalue weighted by molar-refractivity contribution is 6.02. The van der Waals surface area contributed by atoms with E-state index in [1.54, 1.807) is 0 Å². The smallest absolute Gasteiger partial charge is 0.163 e. The second-order valence-corrected chi connectivity index (χ2v) is 5.82. The Kier molecular flexibility index (Phi) is 2.46. The predicted octanol–water partition coefficient (Wildman–Crippen LogP) is 4.22. The lowest BCUT2D eigenvalue weighted by atomic mass is 9.77. The second kappa shape index (κ2) is 4.20. The maximum absolute atomic E-state index is 12.2. The van der Waals surface area contributed by atoms with E-state index in [4.69, 9.17) is 0 Å². The van der Waals surface area contributed by atoms with Crippen molar-refractivity contribution in [1.29, 1.82) is 0 Å². The van der Waals surface area contributed by atoms with Gasteiger partial charge >= 0.3 is 0 Å². The van der Waals surface area contributed by atoms with Crippen molar-refractivity contribution in [2.45, 2.75) is 31.7 Å². The summed E-state index contributed by atoms with van der Waals surface area (Å²) in [5.74, 6) is 0.742. The van der Waals surface area contributed by atoms with Gasteiger partial charge < -0.3 is 5.32 Å². The van der Waals surface area contributed by atoms with Gasteiger partial charge in [0.1, 0.15) is 0 Å². The average molecular weight is 263 g/mol. The molecule has 2 aromatic carbocycles. The Morgan fingerprint density at radius 3 is 2.70 bits per heavy atom. The fraction of sp³-hybridized carbons (Fsp3) is 0.278. The largest absolute Gasteiger partial charge is 0.377 e. The third-order valence-corrected chi connectivity index (χ3v) is 4.66. The molecule has 0 aromatic heterocycles. The van der Waals surface area contributed by atoms with Gasteiger partial charge in [-0.15, -0.1) is 0 Å². The van der Waals surface area contributed by atoms with Gasteiger partial charge in [-0.3, -0.25) is 4.79 Å². The summed E-state index contributed by atoms with van der Waals surface area (Å²) < 4.78 is 0. The number of carbonyl (C=O) groups excluding carboxylic acids is 1. The Morgan fingerprint density at radius 2 is 1.90 bits per heavy atom. The third-order valence-electron chi connectivity index (χ3n) is 4.66. The van der Waals surface area contributed by atoms with Crippen LogP contribution in [0, 0.1) is 6.92 Å². The van der Waals surface area contributed by atoms with Gasteiger partial charge in [0, 0.05) is 23.6 Å². The van der Waals surface area contributed by atoms with Crippen LogP contribution in [0.5, 0.6) is 0 Å². The molecule has 0 radical (unpaired) electrons. The van der Waals surface area contributed by atoms with Crippen molar-refractivity contribution in [3.63, 3.8) is 0 Å². The summed E-state index contributed by atoms with van der Waals surface area (Å²) in [6.45, 7) is 2.05. The summed E-state index contributed by atoms with van der Waals surface area (Å²) >= 11 is 0. The van der Waals surface area contributed by atoms with E-state index < -0.39 is 0 Å². The van der Waals surface area contributed by atoms with Crippen molar-refractivity contribution in [1.82, 2.24) is 0 Å². The van der Waals surface area contributed by atoms with Crippen molar-refractivity contribution < 1.29 is 4.79 Å². The minimum absolute atomic E-state index is 0.305. The standard InChI is InChI=1S/C18H17NO/c1-11-7-9-14-17-13(8-10-15(20)16(11)17)18(19-14)12-5-3-2-4-6-12/h2-7,9,13,18-19H,8,10H2,1H3. The molecule has 4 rings (SSSR count). The maximum atomic E-state index is 12.2. The molecule has 0 bridgehead atoms. The molecule has 0 amide bonds. The number of anilines is 1. The molecule has 1 aliphatic heterocycles. The summed E-state index contributed by atoms with van der Waals surface area (Å²) in [5.41, 5.74) is 5.82. The zero-order chi connectivity index (χ0) is 13.7. The first kappa shape index (κ1) is 11.7. The molecule has 2 unspecified atom stereocenters. The van der Waals surface area contributed by atoms with Crippen molar-refractivity contribution in [3.8, 4) is 0 Å². The Bertz CT molecular complexity index is 690. The third kappa shape index (κ3) is 1.54. The number of ketones is 1. The van der Waals surface area contributed by atoms with E-state index in [9.17, 15) is 4.79 Å². The van der Waals surface area contributed by atoms with Gasteiger partial charge in [0.2, 0.25) is 0 Å². The van der Waals surface area contributed by atoms with Crippen LogP contribution in [-0.2, 0) is 0 Å². The van der Waals surface area contributed by atoms with Crippen LogP contribution in [0.25, 0.3) is 0 Å². The van der Waals surface area contributed by atoms with Crippen molar-refractivity contribution in [2.75, 3.05) is 5.32 Å². The molecule has 0 saturated heterocycles. The van der Waals surface area contributed by atoms with Crippen molar-refractivity contribution >= 4 is 11.5 Å². The molecule has 2 nitrogen and oxygen atoms in total. The fourth-order valence-corrected chi connectivity index (χ4v) is 3.74. The first-order valence-corrected chi connectivity index (χ1v) is 7.24. The molecular weight excluding hydrogens is 246 g/mol. The Morgan fingerprint density at radius 1 is 1.10 bits per heavy atom. The second-order valence-electron chi connectivity index (χ2n) is 5.82. The van der Waals surface area contributed by atoms with Crippen LogP contribution in [0.4, 0.5) is 5.69 Å². The van der Waals surface area contributed by atoms with Gasteiger partial charge in [-0.05, 0) is 36.1 Å². The summed E-state index contributed by atoms with van der Waals surface area (Å²) in [6, 6.07) is 15.1. The van der Waals surface area contributed by atoms with Crippen LogP contribution in [0.2, 0.25) is 0 Å². The number of rotatable bonds is 1. The van der Waals surface area contributed by atoms with E-state index >= 15 is 0 Å². The average Bonchev–Trinajstić information content (AvgIpc) is 2.85. The Labute approximate surface area is 118 Å². The molecule has 100 valence electrons. The topological polar surface area (TPSA) is 29.1 Å². The van der Waals surface area contributed by atoms with E-state index in [1.165, 1.54) is 11.1 Å². The Hall–Kier alpha value is -2.09. The number of hydrogen-bond acceptors (Lipinski definition) is 2. The first-order chi connectivity index (χ1) is 9.75. The molecule has 20 heavy (non-hydrogen) atoms. The normalized spacial score (nSPS) is 23.4. The number of benzene rings is 2. The molecule has 0 saturated carbocycles.